The molecule has 0 saturated carbocycles. The van der Waals surface area contributed by atoms with Crippen LogP contribution in [-0.2, 0) is 0 Å². The largest absolute Gasteiger partial charge is 0.491 e. The Morgan fingerprint density at radius 3 is 2.68 bits per heavy atom. The zero-order valence-electron chi connectivity index (χ0n) is 18.7. The van der Waals surface area contributed by atoms with Gasteiger partial charge < -0.3 is 14.5 Å². The van der Waals surface area contributed by atoms with E-state index in [0.29, 0.717) is 49.2 Å². The maximum atomic E-state index is 13.3. The van der Waals surface area contributed by atoms with Crippen LogP contribution >= 0.6 is 0 Å². The van der Waals surface area contributed by atoms with E-state index < -0.39 is 0 Å². The zero-order valence-corrected chi connectivity index (χ0v) is 18.7. The molecule has 1 atom stereocenters. The Bertz CT molecular complexity index is 872. The second-order valence-electron chi connectivity index (χ2n) is 8.28. The maximum Gasteiger partial charge on any atom is 0.272 e. The molecule has 0 bridgehead atoms. The zero-order chi connectivity index (χ0) is 22.2. The maximum absolute atomic E-state index is 13.3. The third-order valence-corrected chi connectivity index (χ3v) is 5.54. The van der Waals surface area contributed by atoms with Crippen molar-refractivity contribution in [2.45, 2.75) is 46.1 Å². The van der Waals surface area contributed by atoms with Gasteiger partial charge in [-0.2, -0.15) is 0 Å². The van der Waals surface area contributed by atoms with Crippen molar-refractivity contribution in [2.75, 3.05) is 26.2 Å². The summed E-state index contributed by atoms with van der Waals surface area (Å²) in [4.78, 5) is 38.2. The van der Waals surface area contributed by atoms with E-state index in [0.717, 1.165) is 19.3 Å². The Kier molecular flexibility index (Phi) is 7.98. The number of carbonyl (C=O) groups excluding carboxylic acids is 2. The fourth-order valence-corrected chi connectivity index (χ4v) is 3.96. The molecule has 0 N–H and O–H groups in total. The summed E-state index contributed by atoms with van der Waals surface area (Å²) in [5.41, 5.74) is 0.962. The molecule has 0 saturated heterocycles. The van der Waals surface area contributed by atoms with E-state index in [1.54, 1.807) is 12.3 Å². The van der Waals surface area contributed by atoms with Gasteiger partial charge in [0.15, 0.2) is 0 Å². The number of carbonyl (C=O) groups is 2. The van der Waals surface area contributed by atoms with Gasteiger partial charge in [0.1, 0.15) is 24.4 Å². The van der Waals surface area contributed by atoms with Gasteiger partial charge in [0.2, 0.25) is 0 Å². The first-order valence-corrected chi connectivity index (χ1v) is 11.1. The van der Waals surface area contributed by atoms with Crippen LogP contribution in [-0.4, -0.2) is 63.9 Å². The number of ether oxygens (including phenoxy) is 1. The predicted molar refractivity (Wildman–Crippen MR) is 119 cm³/mol. The molecule has 7 nitrogen and oxygen atoms in total. The van der Waals surface area contributed by atoms with Crippen molar-refractivity contribution in [1.29, 1.82) is 0 Å². The molecule has 1 aliphatic rings. The summed E-state index contributed by atoms with van der Waals surface area (Å²) in [5, 5.41) is 0. The van der Waals surface area contributed by atoms with E-state index in [1.165, 1.54) is 6.33 Å². The molecule has 2 aromatic rings. The number of rotatable bonds is 4. The minimum atomic E-state index is -0.118. The molecule has 1 aliphatic heterocycles. The molecule has 1 aromatic carbocycles. The Balaban J connectivity index is 1.94. The van der Waals surface area contributed by atoms with Crippen LogP contribution in [0.2, 0.25) is 0 Å². The van der Waals surface area contributed by atoms with Crippen LogP contribution in [0.15, 0.2) is 42.9 Å². The number of hydrogen-bond donors (Lipinski definition) is 0. The first kappa shape index (κ1) is 22.7. The Morgan fingerprint density at radius 1 is 1.19 bits per heavy atom. The first-order chi connectivity index (χ1) is 15.0. The van der Waals surface area contributed by atoms with Crippen molar-refractivity contribution >= 4 is 11.8 Å². The summed E-state index contributed by atoms with van der Waals surface area (Å²) >= 11 is 0. The lowest BCUT2D eigenvalue weighted by Crippen LogP contribution is -2.46. The van der Waals surface area contributed by atoms with E-state index in [1.807, 2.05) is 41.0 Å². The second-order valence-corrected chi connectivity index (χ2v) is 8.28. The molecule has 31 heavy (non-hydrogen) atoms. The van der Waals surface area contributed by atoms with Gasteiger partial charge in [0.25, 0.3) is 11.8 Å². The Hall–Kier alpha value is -2.96. The van der Waals surface area contributed by atoms with Crippen molar-refractivity contribution in [3.63, 3.8) is 0 Å². The van der Waals surface area contributed by atoms with Gasteiger partial charge in [-0.05, 0) is 50.3 Å². The topological polar surface area (TPSA) is 75.6 Å². The lowest BCUT2D eigenvalue weighted by molar-refractivity contribution is 0.0550. The third kappa shape index (κ3) is 5.81. The van der Waals surface area contributed by atoms with Gasteiger partial charge in [-0.3, -0.25) is 9.59 Å². The Labute approximate surface area is 184 Å². The van der Waals surface area contributed by atoms with Gasteiger partial charge in [-0.15, -0.1) is 0 Å². The molecule has 0 unspecified atom stereocenters. The number of fused-ring (bicyclic) bond motifs is 1. The minimum Gasteiger partial charge on any atom is -0.491 e. The number of aromatic nitrogens is 2. The van der Waals surface area contributed by atoms with Crippen LogP contribution in [0.25, 0.3) is 0 Å². The summed E-state index contributed by atoms with van der Waals surface area (Å²) in [6, 6.07) is 8.90. The summed E-state index contributed by atoms with van der Waals surface area (Å²) in [7, 11) is 0. The van der Waals surface area contributed by atoms with Crippen molar-refractivity contribution in [2.24, 2.45) is 5.92 Å². The van der Waals surface area contributed by atoms with Crippen molar-refractivity contribution in [3.05, 3.63) is 54.1 Å². The molecule has 3 rings (SSSR count). The smallest absolute Gasteiger partial charge is 0.272 e. The average molecular weight is 425 g/mol. The number of para-hydroxylation sites is 1. The molecule has 2 heterocycles. The van der Waals surface area contributed by atoms with Crippen LogP contribution in [0.1, 0.15) is 60.9 Å². The number of hydrogen-bond acceptors (Lipinski definition) is 5. The normalized spacial score (nSPS) is 18.1. The second kappa shape index (κ2) is 10.9. The van der Waals surface area contributed by atoms with E-state index in [4.69, 9.17) is 4.74 Å². The number of benzene rings is 1. The average Bonchev–Trinajstić information content (AvgIpc) is 2.78. The van der Waals surface area contributed by atoms with Crippen LogP contribution in [0.5, 0.6) is 5.75 Å². The third-order valence-electron chi connectivity index (χ3n) is 5.54. The standard InChI is InChI=1S/C24H32N4O3/c1-4-27-13-7-8-14-28(24(30)21-11-12-25-17-26-21)19(15-18(2)3)16-31-22-10-6-5-9-20(22)23(27)29/h5-6,9-12,17-19H,4,7-8,13-16H2,1-3H3/t19-/m0/s1. The summed E-state index contributed by atoms with van der Waals surface area (Å²) in [5.74, 6) is 0.836. The highest BCUT2D eigenvalue weighted by Gasteiger charge is 2.28. The van der Waals surface area contributed by atoms with Crippen LogP contribution in [0, 0.1) is 5.92 Å². The predicted octanol–water partition coefficient (Wildman–Crippen LogP) is 3.67. The van der Waals surface area contributed by atoms with Gasteiger partial charge in [0.05, 0.1) is 11.6 Å². The first-order valence-electron chi connectivity index (χ1n) is 11.1. The van der Waals surface area contributed by atoms with Crippen molar-refractivity contribution < 1.29 is 14.3 Å². The molecular weight excluding hydrogens is 392 g/mol. The molecule has 0 fully saturated rings. The monoisotopic (exact) mass is 424 g/mol. The molecular formula is C24H32N4O3. The molecule has 1 aromatic heterocycles. The fraction of sp³-hybridized carbons (Fsp3) is 0.500. The van der Waals surface area contributed by atoms with Gasteiger partial charge in [-0.25, -0.2) is 9.97 Å². The summed E-state index contributed by atoms with van der Waals surface area (Å²) in [6.07, 6.45) is 5.42. The van der Waals surface area contributed by atoms with Crippen molar-refractivity contribution in [1.82, 2.24) is 19.8 Å². The van der Waals surface area contributed by atoms with E-state index >= 15 is 0 Å². The highest BCUT2D eigenvalue weighted by Crippen LogP contribution is 2.24. The van der Waals surface area contributed by atoms with E-state index in [-0.39, 0.29) is 17.9 Å². The van der Waals surface area contributed by atoms with Crippen LogP contribution in [0.3, 0.4) is 0 Å². The SMILES string of the molecule is CCN1CCCCN(C(=O)c2ccncn2)[C@@H](CC(C)C)COc2ccccc2C1=O. The molecule has 166 valence electrons. The van der Waals surface area contributed by atoms with Crippen molar-refractivity contribution in [3.8, 4) is 5.75 Å². The lowest BCUT2D eigenvalue weighted by atomic mass is 10.0. The molecule has 0 aliphatic carbocycles. The van der Waals surface area contributed by atoms with E-state index in [2.05, 4.69) is 23.8 Å². The van der Waals surface area contributed by atoms with Gasteiger partial charge >= 0.3 is 0 Å². The van der Waals surface area contributed by atoms with Crippen LogP contribution in [0.4, 0.5) is 0 Å². The molecule has 7 heteroatoms. The molecule has 2 amide bonds. The molecule has 0 spiro atoms. The van der Waals surface area contributed by atoms with Gasteiger partial charge in [0, 0.05) is 25.8 Å². The van der Waals surface area contributed by atoms with Crippen LogP contribution < -0.4 is 4.74 Å². The number of nitrogens with zero attached hydrogens (tertiary/aromatic N) is 4. The summed E-state index contributed by atoms with van der Waals surface area (Å²) in [6.45, 7) is 8.46. The Morgan fingerprint density at radius 2 is 1.97 bits per heavy atom. The highest BCUT2D eigenvalue weighted by atomic mass is 16.5. The number of amides is 2. The highest BCUT2D eigenvalue weighted by molar-refractivity contribution is 5.97. The fourth-order valence-electron chi connectivity index (χ4n) is 3.96. The van der Waals surface area contributed by atoms with E-state index in [9.17, 15) is 9.59 Å². The molecule has 0 radical (unpaired) electrons. The minimum absolute atomic E-state index is 0.00648. The summed E-state index contributed by atoms with van der Waals surface area (Å²) < 4.78 is 6.18. The quantitative estimate of drug-likeness (QED) is 0.749. The van der Waals surface area contributed by atoms with Gasteiger partial charge in [-0.1, -0.05) is 26.0 Å². The lowest BCUT2D eigenvalue weighted by Gasteiger charge is -2.34.